The number of hydrazine groups is 1. The number of aryl methyl sites for hydroxylation is 1. The fourth-order valence-corrected chi connectivity index (χ4v) is 3.51. The number of anilines is 1. The molecule has 2 heterocycles. The van der Waals surface area contributed by atoms with Crippen molar-refractivity contribution in [2.24, 2.45) is 11.6 Å². The molecular formula is C24H28F3N7O3. The summed E-state index contributed by atoms with van der Waals surface area (Å²) in [6.07, 6.45) is -2.41. The number of hydrogen-bond acceptors (Lipinski definition) is 10. The predicted octanol–water partition coefficient (Wildman–Crippen LogP) is 3.23. The van der Waals surface area contributed by atoms with Gasteiger partial charge in [-0.15, -0.1) is 0 Å². The zero-order valence-electron chi connectivity index (χ0n) is 20.3. The quantitative estimate of drug-likeness (QED) is 0.168. The average Bonchev–Trinajstić information content (AvgIpc) is 2.86. The van der Waals surface area contributed by atoms with Gasteiger partial charge in [0.2, 0.25) is 11.8 Å². The van der Waals surface area contributed by atoms with E-state index < -0.39 is 24.7 Å². The molecule has 0 aliphatic carbocycles. The van der Waals surface area contributed by atoms with Gasteiger partial charge in [-0.1, -0.05) is 6.92 Å². The van der Waals surface area contributed by atoms with Gasteiger partial charge in [0, 0.05) is 17.0 Å². The molecule has 0 amide bonds. The van der Waals surface area contributed by atoms with E-state index in [0.29, 0.717) is 34.6 Å². The van der Waals surface area contributed by atoms with E-state index in [4.69, 9.17) is 31.9 Å². The summed E-state index contributed by atoms with van der Waals surface area (Å²) in [5.74, 6) is 5.34. The molecule has 0 spiro atoms. The summed E-state index contributed by atoms with van der Waals surface area (Å²) >= 11 is 0. The molecule has 37 heavy (non-hydrogen) atoms. The summed E-state index contributed by atoms with van der Waals surface area (Å²) in [4.78, 5) is 12.4. The molecule has 1 aromatic carbocycles. The third kappa shape index (κ3) is 6.84. The Balaban J connectivity index is 2.18. The number of pyridine rings is 1. The van der Waals surface area contributed by atoms with Crippen LogP contribution < -0.4 is 22.0 Å². The summed E-state index contributed by atoms with van der Waals surface area (Å²) in [7, 11) is 0. The molecule has 0 radical (unpaired) electrons. The minimum atomic E-state index is -2.83. The summed E-state index contributed by atoms with van der Waals surface area (Å²) in [6, 6.07) is 8.19. The van der Waals surface area contributed by atoms with Crippen LogP contribution in [0.5, 0.6) is 5.88 Å². The largest absolute Gasteiger partial charge is 0.471 e. The summed E-state index contributed by atoms with van der Waals surface area (Å²) < 4.78 is 51.7. The van der Waals surface area contributed by atoms with Gasteiger partial charge >= 0.3 is 0 Å². The highest BCUT2D eigenvalue weighted by molar-refractivity contribution is 5.85. The van der Waals surface area contributed by atoms with Crippen LogP contribution in [-0.4, -0.2) is 45.2 Å². The van der Waals surface area contributed by atoms with E-state index >= 15 is 0 Å². The van der Waals surface area contributed by atoms with Crippen molar-refractivity contribution in [1.82, 2.24) is 20.0 Å². The lowest BCUT2D eigenvalue weighted by Crippen LogP contribution is -2.37. The van der Waals surface area contributed by atoms with Gasteiger partial charge in [0.15, 0.2) is 0 Å². The maximum Gasteiger partial charge on any atom is 0.280 e. The van der Waals surface area contributed by atoms with Gasteiger partial charge in [0.25, 0.3) is 6.43 Å². The Hall–Kier alpha value is -3.94. The molecule has 13 heteroatoms. The highest BCUT2D eigenvalue weighted by atomic mass is 19.3. The van der Waals surface area contributed by atoms with Gasteiger partial charge in [-0.3, -0.25) is 9.99 Å². The van der Waals surface area contributed by atoms with Crippen LogP contribution in [-0.2, 0) is 4.74 Å². The van der Waals surface area contributed by atoms with Crippen molar-refractivity contribution in [3.8, 4) is 28.3 Å². The number of nitrogens with zero attached hydrogens (tertiary/aromatic N) is 4. The maximum absolute atomic E-state index is 13.6. The lowest BCUT2D eigenvalue weighted by molar-refractivity contribution is -0.0476. The van der Waals surface area contributed by atoms with Gasteiger partial charge < -0.3 is 26.0 Å². The molecule has 3 rings (SSSR count). The van der Waals surface area contributed by atoms with Crippen LogP contribution in [0.1, 0.15) is 31.2 Å². The van der Waals surface area contributed by atoms with E-state index in [1.807, 2.05) is 6.92 Å². The lowest BCUT2D eigenvalue weighted by atomic mass is 9.99. The Morgan fingerprint density at radius 2 is 1.81 bits per heavy atom. The predicted molar refractivity (Wildman–Crippen MR) is 131 cm³/mol. The normalized spacial score (nSPS) is 12.0. The Kier molecular flexibility index (Phi) is 9.22. The van der Waals surface area contributed by atoms with Crippen molar-refractivity contribution in [1.29, 1.82) is 0 Å². The molecule has 2 aromatic heterocycles. The molecular weight excluding hydrogens is 491 g/mol. The second kappa shape index (κ2) is 12.3. The van der Waals surface area contributed by atoms with Crippen molar-refractivity contribution >= 4 is 5.95 Å². The molecule has 198 valence electrons. The fraction of sp³-hybridized carbons (Fsp3) is 0.292. The monoisotopic (exact) mass is 519 g/mol. The number of ether oxygens (including phenoxy) is 2. The number of halogens is 3. The topological polar surface area (TPSA) is 159 Å². The van der Waals surface area contributed by atoms with Crippen LogP contribution in [0.3, 0.4) is 0 Å². The third-order valence-corrected chi connectivity index (χ3v) is 5.26. The van der Waals surface area contributed by atoms with E-state index in [-0.39, 0.29) is 36.4 Å². The van der Waals surface area contributed by atoms with E-state index in [1.165, 1.54) is 30.3 Å². The zero-order chi connectivity index (χ0) is 27.1. The number of aliphatic hydroxyl groups is 1. The summed E-state index contributed by atoms with van der Waals surface area (Å²) in [5, 5.41) is 10.1. The van der Waals surface area contributed by atoms with Crippen LogP contribution in [0, 0.1) is 12.7 Å². The maximum atomic E-state index is 13.6. The van der Waals surface area contributed by atoms with Crippen LogP contribution in [0.15, 0.2) is 47.8 Å². The number of rotatable bonds is 11. The average molecular weight is 520 g/mol. The van der Waals surface area contributed by atoms with Crippen molar-refractivity contribution in [3.63, 3.8) is 0 Å². The van der Waals surface area contributed by atoms with Crippen LogP contribution >= 0.6 is 0 Å². The van der Waals surface area contributed by atoms with Gasteiger partial charge in [-0.05, 0) is 55.3 Å². The number of aromatic nitrogens is 3. The standard InChI is InChI=1S/C24H28F3N7O3/c1-3-17(28)19(34(30)11-36-12-35)10-37-23-20(15-8-13(2)31-18(9-15)22(26)27)21(32-24(29)33-23)14-4-6-16(25)7-5-14/h4-9,22,35H,3,10-12,28,30H2,1-2H3,(H2,29,32,33)/b19-17-. The number of hydrogen-bond donors (Lipinski definition) is 4. The molecule has 0 aliphatic rings. The number of alkyl halides is 2. The summed E-state index contributed by atoms with van der Waals surface area (Å²) in [6.45, 7) is 2.43. The molecule has 0 atom stereocenters. The van der Waals surface area contributed by atoms with Crippen LogP contribution in [0.25, 0.3) is 22.4 Å². The molecule has 0 fully saturated rings. The molecule has 0 bridgehead atoms. The third-order valence-electron chi connectivity index (χ3n) is 5.26. The van der Waals surface area contributed by atoms with Crippen molar-refractivity contribution in [3.05, 3.63) is 65.0 Å². The van der Waals surface area contributed by atoms with Crippen molar-refractivity contribution < 1.29 is 27.8 Å². The minimum Gasteiger partial charge on any atom is -0.471 e. The first kappa shape index (κ1) is 27.6. The van der Waals surface area contributed by atoms with Crippen molar-refractivity contribution in [2.45, 2.75) is 26.7 Å². The summed E-state index contributed by atoms with van der Waals surface area (Å²) in [5.41, 5.74) is 13.9. The Morgan fingerprint density at radius 3 is 2.43 bits per heavy atom. The van der Waals surface area contributed by atoms with E-state index in [1.54, 1.807) is 13.0 Å². The number of aliphatic hydroxyl groups excluding tert-OH is 1. The van der Waals surface area contributed by atoms with Gasteiger partial charge in [-0.25, -0.2) is 24.0 Å². The van der Waals surface area contributed by atoms with Crippen LogP contribution in [0.2, 0.25) is 0 Å². The first-order chi connectivity index (χ1) is 17.6. The minimum absolute atomic E-state index is 0.0458. The molecule has 0 aliphatic heterocycles. The van der Waals surface area contributed by atoms with Crippen LogP contribution in [0.4, 0.5) is 19.1 Å². The number of nitrogen functional groups attached to an aromatic ring is 1. The molecule has 0 saturated heterocycles. The van der Waals surface area contributed by atoms with E-state index in [9.17, 15) is 13.2 Å². The molecule has 0 unspecified atom stereocenters. The Bertz CT molecular complexity index is 1260. The second-order valence-electron chi connectivity index (χ2n) is 7.89. The van der Waals surface area contributed by atoms with Gasteiger partial charge in [-0.2, -0.15) is 4.98 Å². The van der Waals surface area contributed by atoms with E-state index in [0.717, 1.165) is 5.01 Å². The smallest absolute Gasteiger partial charge is 0.280 e. The van der Waals surface area contributed by atoms with E-state index in [2.05, 4.69) is 15.0 Å². The SMILES string of the molecule is CC/C(N)=C(\COc1nc(N)nc(-c2ccc(F)cc2)c1-c1cc(C)nc(C(F)F)c1)N(N)COCO. The fourth-order valence-electron chi connectivity index (χ4n) is 3.51. The molecule has 10 nitrogen and oxygen atoms in total. The number of allylic oxidation sites excluding steroid dienone is 1. The second-order valence-corrected chi connectivity index (χ2v) is 7.89. The van der Waals surface area contributed by atoms with Gasteiger partial charge in [0.1, 0.15) is 31.6 Å². The highest BCUT2D eigenvalue weighted by Gasteiger charge is 2.22. The zero-order valence-corrected chi connectivity index (χ0v) is 20.3. The molecule has 7 N–H and O–H groups in total. The Labute approximate surface area is 211 Å². The lowest BCUT2D eigenvalue weighted by Gasteiger charge is -2.24. The molecule has 3 aromatic rings. The number of nitrogens with two attached hydrogens (primary N) is 3. The first-order valence-corrected chi connectivity index (χ1v) is 11.2. The van der Waals surface area contributed by atoms with Crippen molar-refractivity contribution in [2.75, 3.05) is 25.9 Å². The Morgan fingerprint density at radius 1 is 1.11 bits per heavy atom. The number of benzene rings is 1. The molecule has 0 saturated carbocycles. The highest BCUT2D eigenvalue weighted by Crippen LogP contribution is 2.39. The first-order valence-electron chi connectivity index (χ1n) is 11.2. The van der Waals surface area contributed by atoms with Gasteiger partial charge in [0.05, 0.1) is 17.0 Å².